The highest BCUT2D eigenvalue weighted by Crippen LogP contribution is 2.32. The molecule has 0 bridgehead atoms. The molecule has 0 aliphatic heterocycles. The summed E-state index contributed by atoms with van der Waals surface area (Å²) < 4.78 is 44.1. The summed E-state index contributed by atoms with van der Waals surface area (Å²) in [5.74, 6) is -0.854. The van der Waals surface area contributed by atoms with Gasteiger partial charge in [0, 0.05) is 12.1 Å². The summed E-state index contributed by atoms with van der Waals surface area (Å²) in [6.45, 7) is 3.39. The summed E-state index contributed by atoms with van der Waals surface area (Å²) in [4.78, 5) is 23.1. The fraction of sp³-hybridized carbons (Fsp3) is 0.263. The molecule has 0 heterocycles. The van der Waals surface area contributed by atoms with Gasteiger partial charge in [-0.2, -0.15) is 13.2 Å². The molecule has 0 unspecified atom stereocenters. The molecule has 0 atom stereocenters. The van der Waals surface area contributed by atoms with Crippen LogP contribution in [0.1, 0.15) is 35.3 Å². The van der Waals surface area contributed by atoms with Crippen LogP contribution in [0.25, 0.3) is 0 Å². The molecule has 2 rings (SSSR count). The van der Waals surface area contributed by atoms with E-state index in [9.17, 15) is 22.8 Å². The zero-order valence-electron chi connectivity index (χ0n) is 14.8. The minimum absolute atomic E-state index is 0.342. The Labute approximate surface area is 154 Å². The van der Waals surface area contributed by atoms with Crippen molar-refractivity contribution in [3.05, 3.63) is 65.2 Å². The Morgan fingerprint density at radius 2 is 1.63 bits per heavy atom. The predicted octanol–water partition coefficient (Wildman–Crippen LogP) is 4.37. The van der Waals surface area contributed by atoms with Crippen LogP contribution in [0.5, 0.6) is 0 Å². The molecule has 0 spiro atoms. The van der Waals surface area contributed by atoms with E-state index in [1.54, 1.807) is 38.1 Å². The van der Waals surface area contributed by atoms with Crippen molar-refractivity contribution in [1.82, 2.24) is 0 Å². The van der Waals surface area contributed by atoms with Crippen LogP contribution < -0.4 is 11.1 Å². The first-order valence-electron chi connectivity index (χ1n) is 8.03. The van der Waals surface area contributed by atoms with Crippen molar-refractivity contribution in [1.29, 1.82) is 0 Å². The van der Waals surface area contributed by atoms with E-state index in [4.69, 9.17) is 10.5 Å². The third-order valence-electron chi connectivity index (χ3n) is 3.70. The number of carbonyl (C=O) groups is 2. The van der Waals surface area contributed by atoms with E-state index < -0.39 is 34.9 Å². The molecule has 0 aliphatic rings. The maximum atomic E-state index is 13.0. The summed E-state index contributed by atoms with van der Waals surface area (Å²) in [5, 5.41) is 2.45. The van der Waals surface area contributed by atoms with E-state index >= 15 is 0 Å². The molecule has 2 aromatic carbocycles. The number of primary amides is 1. The second-order valence-electron chi connectivity index (χ2n) is 6.55. The number of ether oxygens (including phenoxy) is 1. The average molecular weight is 380 g/mol. The summed E-state index contributed by atoms with van der Waals surface area (Å²) in [5.41, 5.74) is 3.90. The number of rotatable bonds is 5. The van der Waals surface area contributed by atoms with Crippen LogP contribution in [-0.2, 0) is 17.3 Å². The number of halogens is 3. The number of hydrogen-bond donors (Lipinski definition) is 2. The minimum Gasteiger partial charge on any atom is -0.443 e. The van der Waals surface area contributed by atoms with Gasteiger partial charge >= 0.3 is 12.3 Å². The zero-order valence-corrected chi connectivity index (χ0v) is 14.8. The normalized spacial score (nSPS) is 11.7. The number of nitrogens with one attached hydrogen (secondary N) is 1. The molecule has 0 saturated heterocycles. The standard InChI is InChI=1S/C19H19F3N2O3/c1-18(2,27-17(23)26)11-12-7-9-13(10-8-12)24-16(25)14-5-3-4-6-15(14)19(20,21)22/h3-10H,11H2,1-2H3,(H2,23,26)(H,24,25). The predicted molar refractivity (Wildman–Crippen MR) is 94.3 cm³/mol. The second-order valence-corrected chi connectivity index (χ2v) is 6.55. The molecule has 0 saturated carbocycles. The minimum atomic E-state index is -4.62. The highest BCUT2D eigenvalue weighted by molar-refractivity contribution is 6.05. The molecule has 2 aromatic rings. The molecule has 0 radical (unpaired) electrons. The Kier molecular flexibility index (Phi) is 5.78. The van der Waals surface area contributed by atoms with Crippen molar-refractivity contribution in [3.8, 4) is 0 Å². The zero-order chi connectivity index (χ0) is 20.2. The lowest BCUT2D eigenvalue weighted by Crippen LogP contribution is -2.33. The van der Waals surface area contributed by atoms with Gasteiger partial charge in [-0.3, -0.25) is 4.79 Å². The molecule has 27 heavy (non-hydrogen) atoms. The van der Waals surface area contributed by atoms with Gasteiger partial charge in [0.1, 0.15) is 5.60 Å². The Balaban J connectivity index is 2.11. The lowest BCUT2D eigenvalue weighted by atomic mass is 9.98. The summed E-state index contributed by atoms with van der Waals surface area (Å²) in [7, 11) is 0. The van der Waals surface area contributed by atoms with Gasteiger partial charge in [0.15, 0.2) is 0 Å². The monoisotopic (exact) mass is 380 g/mol. The summed E-state index contributed by atoms with van der Waals surface area (Å²) in [6.07, 6.45) is -5.13. The maximum absolute atomic E-state index is 13.0. The van der Waals surface area contributed by atoms with Crippen molar-refractivity contribution >= 4 is 17.7 Å². The molecular weight excluding hydrogens is 361 g/mol. The van der Waals surface area contributed by atoms with Crippen LogP contribution in [0.3, 0.4) is 0 Å². The fourth-order valence-electron chi connectivity index (χ4n) is 2.63. The highest BCUT2D eigenvalue weighted by atomic mass is 19.4. The molecule has 2 amide bonds. The molecule has 3 N–H and O–H groups in total. The Bertz CT molecular complexity index is 831. The van der Waals surface area contributed by atoms with Gasteiger partial charge in [-0.15, -0.1) is 0 Å². The van der Waals surface area contributed by atoms with E-state index in [1.807, 2.05) is 0 Å². The van der Waals surface area contributed by atoms with Crippen LogP contribution in [0.4, 0.5) is 23.7 Å². The Morgan fingerprint density at radius 1 is 1.04 bits per heavy atom. The number of carbonyl (C=O) groups excluding carboxylic acids is 2. The Morgan fingerprint density at radius 3 is 2.19 bits per heavy atom. The first kappa shape index (κ1) is 20.3. The van der Waals surface area contributed by atoms with Crippen LogP contribution in [0.15, 0.2) is 48.5 Å². The first-order chi connectivity index (χ1) is 12.5. The van der Waals surface area contributed by atoms with Crippen molar-refractivity contribution in [3.63, 3.8) is 0 Å². The fourth-order valence-corrected chi connectivity index (χ4v) is 2.63. The van der Waals surface area contributed by atoms with E-state index in [2.05, 4.69) is 5.32 Å². The van der Waals surface area contributed by atoms with Gasteiger partial charge in [-0.05, 0) is 43.7 Å². The van der Waals surface area contributed by atoms with Gasteiger partial charge in [0.05, 0.1) is 11.1 Å². The molecule has 5 nitrogen and oxygen atoms in total. The quantitative estimate of drug-likeness (QED) is 0.808. The molecule has 144 valence electrons. The molecule has 0 aromatic heterocycles. The van der Waals surface area contributed by atoms with Crippen molar-refractivity contribution in [2.24, 2.45) is 5.73 Å². The van der Waals surface area contributed by atoms with Crippen LogP contribution in [0, 0.1) is 0 Å². The van der Waals surface area contributed by atoms with Gasteiger partial charge < -0.3 is 15.8 Å². The first-order valence-corrected chi connectivity index (χ1v) is 8.03. The molecular formula is C19H19F3N2O3. The number of amides is 2. The third kappa shape index (κ3) is 5.73. The van der Waals surface area contributed by atoms with Crippen LogP contribution >= 0.6 is 0 Å². The summed E-state index contributed by atoms with van der Waals surface area (Å²) in [6, 6.07) is 11.1. The number of nitrogens with two attached hydrogens (primary N) is 1. The number of hydrogen-bond acceptors (Lipinski definition) is 3. The van der Waals surface area contributed by atoms with E-state index in [0.29, 0.717) is 12.1 Å². The largest absolute Gasteiger partial charge is 0.443 e. The molecule has 0 fully saturated rings. The van der Waals surface area contributed by atoms with Crippen molar-refractivity contribution < 1.29 is 27.5 Å². The number of alkyl halides is 3. The Hall–Kier alpha value is -3.03. The van der Waals surface area contributed by atoms with Crippen LogP contribution in [-0.4, -0.2) is 17.6 Å². The van der Waals surface area contributed by atoms with Gasteiger partial charge in [0.25, 0.3) is 5.91 Å². The topological polar surface area (TPSA) is 81.4 Å². The van der Waals surface area contributed by atoms with Crippen molar-refractivity contribution in [2.75, 3.05) is 5.32 Å². The molecule has 0 aliphatic carbocycles. The van der Waals surface area contributed by atoms with Crippen molar-refractivity contribution in [2.45, 2.75) is 32.0 Å². The lowest BCUT2D eigenvalue weighted by molar-refractivity contribution is -0.137. The van der Waals surface area contributed by atoms with Gasteiger partial charge in [-0.25, -0.2) is 4.79 Å². The van der Waals surface area contributed by atoms with E-state index in [1.165, 1.54) is 12.1 Å². The van der Waals surface area contributed by atoms with E-state index in [-0.39, 0.29) is 0 Å². The lowest BCUT2D eigenvalue weighted by Gasteiger charge is -2.24. The number of anilines is 1. The van der Waals surface area contributed by atoms with E-state index in [0.717, 1.165) is 17.7 Å². The third-order valence-corrected chi connectivity index (χ3v) is 3.70. The highest BCUT2D eigenvalue weighted by Gasteiger charge is 2.34. The second kappa shape index (κ2) is 7.69. The summed E-state index contributed by atoms with van der Waals surface area (Å²) >= 11 is 0. The maximum Gasteiger partial charge on any atom is 0.417 e. The van der Waals surface area contributed by atoms with Gasteiger partial charge in [-0.1, -0.05) is 24.3 Å². The smallest absolute Gasteiger partial charge is 0.417 e. The average Bonchev–Trinajstić information content (AvgIpc) is 2.54. The van der Waals surface area contributed by atoms with Gasteiger partial charge in [0.2, 0.25) is 0 Å². The SMILES string of the molecule is CC(C)(Cc1ccc(NC(=O)c2ccccc2C(F)(F)F)cc1)OC(N)=O. The molecule has 8 heteroatoms. The van der Waals surface area contributed by atoms with Crippen LogP contribution in [0.2, 0.25) is 0 Å². The number of benzene rings is 2.